The summed E-state index contributed by atoms with van der Waals surface area (Å²) in [5, 5.41) is 0.920. The van der Waals surface area contributed by atoms with Gasteiger partial charge in [-0.25, -0.2) is 9.97 Å². The molecule has 3 aromatic rings. The first kappa shape index (κ1) is 11.3. The van der Waals surface area contributed by atoms with E-state index in [0.29, 0.717) is 32.8 Å². The van der Waals surface area contributed by atoms with Crippen LogP contribution in [0.3, 0.4) is 0 Å². The fourth-order valence-corrected chi connectivity index (χ4v) is 2.25. The van der Waals surface area contributed by atoms with Gasteiger partial charge >= 0.3 is 0 Å². The molecule has 0 amide bonds. The number of fused-ring (bicyclic) bond motifs is 1. The van der Waals surface area contributed by atoms with Crippen molar-refractivity contribution in [2.24, 2.45) is 0 Å². The lowest BCUT2D eigenvalue weighted by molar-refractivity contribution is 1.30. The van der Waals surface area contributed by atoms with Crippen LogP contribution in [0.4, 0.5) is 5.69 Å². The fraction of sp³-hybridized carbons (Fsp3) is 0. The van der Waals surface area contributed by atoms with Crippen LogP contribution < -0.4 is 5.73 Å². The Morgan fingerprint density at radius 2 is 2.06 bits per heavy atom. The Bertz CT molecular complexity index is 703. The summed E-state index contributed by atoms with van der Waals surface area (Å²) in [5.41, 5.74) is 8.51. The Balaban J connectivity index is 2.26. The summed E-state index contributed by atoms with van der Waals surface area (Å²) in [6.45, 7) is 0. The molecule has 0 radical (unpaired) electrons. The van der Waals surface area contributed by atoms with Gasteiger partial charge in [0, 0.05) is 16.8 Å². The number of H-pyrrole nitrogens is 1. The number of nitrogens with one attached hydrogen (secondary N) is 1. The lowest BCUT2D eigenvalue weighted by atomic mass is 10.1. The zero-order valence-electron chi connectivity index (χ0n) is 9.11. The maximum absolute atomic E-state index is 6.00. The Hall–Kier alpha value is -1.78. The monoisotopic (exact) mass is 278 g/mol. The van der Waals surface area contributed by atoms with Gasteiger partial charge in [0.15, 0.2) is 5.65 Å². The molecular weight excluding hydrogens is 271 g/mol. The van der Waals surface area contributed by atoms with Gasteiger partial charge in [-0.1, -0.05) is 23.2 Å². The predicted octanol–water partition coefficient (Wildman–Crippen LogP) is 3.51. The fourth-order valence-electron chi connectivity index (χ4n) is 1.75. The highest BCUT2D eigenvalue weighted by Crippen LogP contribution is 2.33. The highest BCUT2D eigenvalue weighted by atomic mass is 35.5. The van der Waals surface area contributed by atoms with Crippen LogP contribution in [0.5, 0.6) is 0 Å². The van der Waals surface area contributed by atoms with E-state index in [4.69, 9.17) is 28.9 Å². The Labute approximate surface area is 113 Å². The standard InChI is InChI=1S/C12H8Cl2N4/c13-6-4-7(10(15)8(14)5-6)11-17-9-2-1-3-16-12(9)18-11/h1-5H,15H2,(H,16,17,18). The topological polar surface area (TPSA) is 67.6 Å². The van der Waals surface area contributed by atoms with E-state index in [1.807, 2.05) is 12.1 Å². The average Bonchev–Trinajstić information content (AvgIpc) is 2.77. The molecule has 18 heavy (non-hydrogen) atoms. The molecule has 0 aliphatic carbocycles. The second kappa shape index (κ2) is 4.15. The van der Waals surface area contributed by atoms with Crippen LogP contribution in [0.1, 0.15) is 0 Å². The normalized spacial score (nSPS) is 11.0. The molecule has 0 aliphatic heterocycles. The van der Waals surface area contributed by atoms with Crippen molar-refractivity contribution in [3.8, 4) is 11.4 Å². The molecule has 0 aliphatic rings. The molecule has 2 heterocycles. The third kappa shape index (κ3) is 1.79. The third-order valence-corrected chi connectivity index (χ3v) is 3.14. The summed E-state index contributed by atoms with van der Waals surface area (Å²) in [6.07, 6.45) is 1.68. The molecule has 2 aromatic heterocycles. The lowest BCUT2D eigenvalue weighted by Crippen LogP contribution is -1.92. The molecule has 0 saturated carbocycles. The molecule has 6 heteroatoms. The molecule has 0 bridgehead atoms. The molecule has 90 valence electrons. The Kier molecular flexibility index (Phi) is 2.61. The minimum Gasteiger partial charge on any atom is -0.397 e. The van der Waals surface area contributed by atoms with Crippen LogP contribution in [-0.2, 0) is 0 Å². The Morgan fingerprint density at radius 3 is 2.83 bits per heavy atom. The van der Waals surface area contributed by atoms with E-state index in [1.165, 1.54) is 0 Å². The van der Waals surface area contributed by atoms with Crippen molar-refractivity contribution >= 4 is 40.1 Å². The SMILES string of the molecule is Nc1c(Cl)cc(Cl)cc1-c1nc2ncccc2[nH]1. The zero-order chi connectivity index (χ0) is 12.7. The maximum atomic E-state index is 6.00. The number of aromatic nitrogens is 3. The highest BCUT2D eigenvalue weighted by Gasteiger charge is 2.12. The summed E-state index contributed by atoms with van der Waals surface area (Å²) >= 11 is 12.0. The number of anilines is 1. The molecule has 0 spiro atoms. The van der Waals surface area contributed by atoms with Gasteiger partial charge in [-0.05, 0) is 24.3 Å². The van der Waals surface area contributed by atoms with Gasteiger partial charge in [0.25, 0.3) is 0 Å². The molecule has 0 unspecified atom stereocenters. The van der Waals surface area contributed by atoms with Gasteiger partial charge in [0.2, 0.25) is 0 Å². The summed E-state index contributed by atoms with van der Waals surface area (Å²) in [6, 6.07) is 7.04. The quantitative estimate of drug-likeness (QED) is 0.670. The van der Waals surface area contributed by atoms with E-state index in [2.05, 4.69) is 15.0 Å². The summed E-state index contributed by atoms with van der Waals surface area (Å²) in [4.78, 5) is 11.7. The second-order valence-electron chi connectivity index (χ2n) is 3.81. The van der Waals surface area contributed by atoms with Crippen LogP contribution in [0, 0.1) is 0 Å². The minimum atomic E-state index is 0.408. The Morgan fingerprint density at radius 1 is 1.22 bits per heavy atom. The van der Waals surface area contributed by atoms with Crippen molar-refractivity contribution < 1.29 is 0 Å². The van der Waals surface area contributed by atoms with Crippen molar-refractivity contribution in [2.75, 3.05) is 5.73 Å². The van der Waals surface area contributed by atoms with E-state index in [9.17, 15) is 0 Å². The average molecular weight is 279 g/mol. The van der Waals surface area contributed by atoms with Crippen LogP contribution in [0.2, 0.25) is 10.0 Å². The van der Waals surface area contributed by atoms with Gasteiger partial charge in [-0.15, -0.1) is 0 Å². The van der Waals surface area contributed by atoms with Crippen molar-refractivity contribution in [1.29, 1.82) is 0 Å². The highest BCUT2D eigenvalue weighted by molar-refractivity contribution is 6.37. The van der Waals surface area contributed by atoms with E-state index in [0.717, 1.165) is 5.52 Å². The number of benzene rings is 1. The number of rotatable bonds is 1. The first-order valence-corrected chi connectivity index (χ1v) is 5.96. The first-order valence-electron chi connectivity index (χ1n) is 5.21. The molecule has 3 rings (SSSR count). The number of hydrogen-bond acceptors (Lipinski definition) is 3. The largest absolute Gasteiger partial charge is 0.397 e. The number of pyridine rings is 1. The molecule has 0 fully saturated rings. The number of halogens is 2. The number of aromatic amines is 1. The summed E-state index contributed by atoms with van der Waals surface area (Å²) in [7, 11) is 0. The van der Waals surface area contributed by atoms with Gasteiger partial charge in [-0.3, -0.25) is 0 Å². The maximum Gasteiger partial charge on any atom is 0.178 e. The number of nitrogen functional groups attached to an aromatic ring is 1. The number of hydrogen-bond donors (Lipinski definition) is 2. The van der Waals surface area contributed by atoms with E-state index >= 15 is 0 Å². The molecular formula is C12H8Cl2N4. The third-order valence-electron chi connectivity index (χ3n) is 2.61. The molecule has 0 saturated heterocycles. The van der Waals surface area contributed by atoms with Gasteiger partial charge in [-0.2, -0.15) is 0 Å². The summed E-state index contributed by atoms with van der Waals surface area (Å²) in [5.74, 6) is 0.602. The predicted molar refractivity (Wildman–Crippen MR) is 73.8 cm³/mol. The number of nitrogens with two attached hydrogens (primary N) is 1. The van der Waals surface area contributed by atoms with Crippen LogP contribution >= 0.6 is 23.2 Å². The smallest absolute Gasteiger partial charge is 0.178 e. The van der Waals surface area contributed by atoms with E-state index in [1.54, 1.807) is 18.3 Å². The van der Waals surface area contributed by atoms with Crippen molar-refractivity contribution in [3.63, 3.8) is 0 Å². The number of imidazole rings is 1. The molecule has 0 atom stereocenters. The first-order chi connectivity index (χ1) is 8.65. The molecule has 4 nitrogen and oxygen atoms in total. The van der Waals surface area contributed by atoms with Crippen LogP contribution in [0.25, 0.3) is 22.6 Å². The van der Waals surface area contributed by atoms with Crippen molar-refractivity contribution in [1.82, 2.24) is 15.0 Å². The van der Waals surface area contributed by atoms with Crippen molar-refractivity contribution in [2.45, 2.75) is 0 Å². The molecule has 1 aromatic carbocycles. The van der Waals surface area contributed by atoms with Crippen LogP contribution in [0.15, 0.2) is 30.5 Å². The second-order valence-corrected chi connectivity index (χ2v) is 4.65. The lowest BCUT2D eigenvalue weighted by Gasteiger charge is -2.05. The van der Waals surface area contributed by atoms with Crippen LogP contribution in [-0.4, -0.2) is 15.0 Å². The minimum absolute atomic E-state index is 0.408. The summed E-state index contributed by atoms with van der Waals surface area (Å²) < 4.78 is 0. The van der Waals surface area contributed by atoms with Gasteiger partial charge < -0.3 is 10.7 Å². The van der Waals surface area contributed by atoms with Gasteiger partial charge in [0.1, 0.15) is 5.82 Å². The van der Waals surface area contributed by atoms with E-state index < -0.39 is 0 Å². The van der Waals surface area contributed by atoms with Gasteiger partial charge in [0.05, 0.1) is 16.2 Å². The zero-order valence-corrected chi connectivity index (χ0v) is 10.6. The molecule has 3 N–H and O–H groups in total. The van der Waals surface area contributed by atoms with Crippen molar-refractivity contribution in [3.05, 3.63) is 40.5 Å². The van der Waals surface area contributed by atoms with E-state index in [-0.39, 0.29) is 0 Å². The number of nitrogens with zero attached hydrogens (tertiary/aromatic N) is 2.